The average Bonchev–Trinajstić information content (AvgIpc) is 3.16. The van der Waals surface area contributed by atoms with Crippen molar-refractivity contribution in [2.75, 3.05) is 25.5 Å². The van der Waals surface area contributed by atoms with Crippen molar-refractivity contribution in [3.05, 3.63) is 52.5 Å². The normalized spacial score (nSPS) is 20.1. The van der Waals surface area contributed by atoms with Crippen molar-refractivity contribution in [1.29, 1.82) is 0 Å². The van der Waals surface area contributed by atoms with E-state index in [9.17, 15) is 9.18 Å². The number of nitrogens with zero attached hydrogens (tertiary/aromatic N) is 3. The van der Waals surface area contributed by atoms with E-state index in [2.05, 4.69) is 24.0 Å². The molecule has 2 fully saturated rings. The molecule has 1 aliphatic heterocycles. The van der Waals surface area contributed by atoms with E-state index >= 15 is 0 Å². The van der Waals surface area contributed by atoms with Crippen molar-refractivity contribution in [3.8, 4) is 0 Å². The number of carbonyl (C=O) groups excluding carboxylic acids is 1. The van der Waals surface area contributed by atoms with E-state index in [0.29, 0.717) is 47.6 Å². The van der Waals surface area contributed by atoms with Crippen LogP contribution in [0.2, 0.25) is 0 Å². The van der Waals surface area contributed by atoms with Gasteiger partial charge in [0.2, 0.25) is 5.88 Å². The van der Waals surface area contributed by atoms with Crippen LogP contribution < -0.4 is 5.32 Å². The average molecular weight is 425 g/mol. The van der Waals surface area contributed by atoms with Crippen LogP contribution in [-0.4, -0.2) is 49.0 Å². The van der Waals surface area contributed by atoms with Gasteiger partial charge in [-0.25, -0.2) is 9.38 Å². The third-order valence-corrected chi connectivity index (χ3v) is 6.26. The van der Waals surface area contributed by atoms with Gasteiger partial charge < -0.3 is 14.6 Å². The largest absolute Gasteiger partial charge is 0.444 e. The molecule has 2 aliphatic rings. The Labute approximate surface area is 182 Å². The van der Waals surface area contributed by atoms with Crippen LogP contribution >= 0.6 is 0 Å². The van der Waals surface area contributed by atoms with Gasteiger partial charge in [0.1, 0.15) is 11.6 Å². The Morgan fingerprint density at radius 2 is 2.03 bits per heavy atom. The summed E-state index contributed by atoms with van der Waals surface area (Å²) in [6, 6.07) is 6.59. The highest BCUT2D eigenvalue weighted by Gasteiger charge is 2.39. The number of hydrogen-bond donors (Lipinski definition) is 1. The molecule has 1 saturated heterocycles. The lowest BCUT2D eigenvalue weighted by Gasteiger charge is -2.17. The van der Waals surface area contributed by atoms with E-state index in [1.165, 1.54) is 12.1 Å². The number of rotatable bonds is 6. The van der Waals surface area contributed by atoms with Crippen LogP contribution in [0.15, 0.2) is 38.7 Å². The molecule has 1 saturated carbocycles. The summed E-state index contributed by atoms with van der Waals surface area (Å²) in [7, 11) is 1.75. The van der Waals surface area contributed by atoms with Gasteiger partial charge in [-0.15, -0.1) is 0 Å². The van der Waals surface area contributed by atoms with Gasteiger partial charge in [-0.1, -0.05) is 12.1 Å². The maximum atomic E-state index is 13.5. The Hall–Kier alpha value is -2.96. The number of aryl methyl sites for hydroxylation is 1. The number of benzene rings is 1. The van der Waals surface area contributed by atoms with Gasteiger partial charge in [0, 0.05) is 20.1 Å². The summed E-state index contributed by atoms with van der Waals surface area (Å²) < 4.78 is 19.0. The Morgan fingerprint density at radius 1 is 1.32 bits per heavy atom. The zero-order chi connectivity index (χ0) is 22.2. The molecule has 2 aromatic rings. The number of aliphatic imine (C=N–C) groups is 2. The molecule has 1 amide bonds. The zero-order valence-electron chi connectivity index (χ0n) is 18.4. The van der Waals surface area contributed by atoms with E-state index < -0.39 is 0 Å². The molecule has 1 N–H and O–H groups in total. The molecule has 1 aromatic carbocycles. The molecule has 0 bridgehead atoms. The van der Waals surface area contributed by atoms with Gasteiger partial charge in [0.05, 0.1) is 16.7 Å². The number of amides is 1. The highest BCUT2D eigenvalue weighted by Crippen LogP contribution is 2.40. The number of nitrogens with one attached hydrogen (secondary N) is 1. The van der Waals surface area contributed by atoms with Gasteiger partial charge in [-0.05, 0) is 69.9 Å². The fourth-order valence-corrected chi connectivity index (χ4v) is 4.21. The van der Waals surface area contributed by atoms with Gasteiger partial charge in [0.25, 0.3) is 5.91 Å². The first-order chi connectivity index (χ1) is 14.8. The minimum Gasteiger partial charge on any atom is -0.444 e. The second-order valence-electron chi connectivity index (χ2n) is 8.81. The van der Waals surface area contributed by atoms with E-state index in [1.807, 2.05) is 17.0 Å². The fourth-order valence-electron chi connectivity index (χ4n) is 4.21. The van der Waals surface area contributed by atoms with Crippen LogP contribution in [0.25, 0.3) is 0 Å². The topological polar surface area (TPSA) is 70.2 Å². The summed E-state index contributed by atoms with van der Waals surface area (Å²) in [5, 5.41) is 3.03. The molecule has 1 aromatic heterocycles. The Bertz CT molecular complexity index is 1020. The lowest BCUT2D eigenvalue weighted by molar-refractivity contribution is 0.0785. The predicted molar refractivity (Wildman–Crippen MR) is 121 cm³/mol. The van der Waals surface area contributed by atoms with Gasteiger partial charge in [0.15, 0.2) is 5.84 Å². The number of halogens is 1. The van der Waals surface area contributed by atoms with Crippen molar-refractivity contribution in [1.82, 2.24) is 4.90 Å². The highest BCUT2D eigenvalue weighted by atomic mass is 19.1. The first kappa shape index (κ1) is 21.3. The standard InChI is InChI=1S/C24H29FN4O2/c1-15-19(20(22(27-4)31-15)21(26-3)28-24(2)10-11-24)23(30)29-12-9-17(14-29)13-16-5-7-18(25)8-6-16/h5-8,17,27H,3,9-14H2,1-2,4H3. The molecule has 0 spiro atoms. The van der Waals surface area contributed by atoms with Crippen molar-refractivity contribution in [2.45, 2.75) is 45.1 Å². The highest BCUT2D eigenvalue weighted by molar-refractivity contribution is 6.14. The third kappa shape index (κ3) is 4.40. The molecule has 6 nitrogen and oxygen atoms in total. The molecule has 164 valence electrons. The van der Waals surface area contributed by atoms with E-state index in [4.69, 9.17) is 9.41 Å². The number of furan rings is 1. The van der Waals surface area contributed by atoms with Crippen LogP contribution in [-0.2, 0) is 6.42 Å². The molecule has 2 heterocycles. The predicted octanol–water partition coefficient (Wildman–Crippen LogP) is 4.47. The summed E-state index contributed by atoms with van der Waals surface area (Å²) >= 11 is 0. The van der Waals surface area contributed by atoms with Gasteiger partial charge in [-0.2, -0.15) is 0 Å². The fraction of sp³-hybridized carbons (Fsp3) is 0.458. The summed E-state index contributed by atoms with van der Waals surface area (Å²) in [5.41, 5.74) is 2.04. The molecule has 31 heavy (non-hydrogen) atoms. The number of hydrogen-bond acceptors (Lipinski definition) is 4. The SMILES string of the molecule is C=NC(=NC1(C)CC1)c1c(NC)oc(C)c1C(=O)N1CCC(Cc2ccc(F)cc2)C1. The van der Waals surface area contributed by atoms with Crippen molar-refractivity contribution in [3.63, 3.8) is 0 Å². The maximum absolute atomic E-state index is 13.5. The lowest BCUT2D eigenvalue weighted by atomic mass is 9.99. The lowest BCUT2D eigenvalue weighted by Crippen LogP contribution is -2.30. The Kier molecular flexibility index (Phi) is 5.69. The second kappa shape index (κ2) is 8.29. The number of likely N-dealkylation sites (tertiary alicyclic amines) is 1. The molecule has 7 heteroatoms. The Balaban J connectivity index is 1.57. The third-order valence-electron chi connectivity index (χ3n) is 6.26. The van der Waals surface area contributed by atoms with Crippen molar-refractivity contribution in [2.24, 2.45) is 15.9 Å². The van der Waals surface area contributed by atoms with E-state index in [1.54, 1.807) is 14.0 Å². The second-order valence-corrected chi connectivity index (χ2v) is 8.81. The summed E-state index contributed by atoms with van der Waals surface area (Å²) in [6.07, 6.45) is 3.73. The van der Waals surface area contributed by atoms with Crippen molar-refractivity contribution >= 4 is 24.3 Å². The van der Waals surface area contributed by atoms with Crippen LogP contribution in [0.5, 0.6) is 0 Å². The zero-order valence-corrected chi connectivity index (χ0v) is 18.4. The van der Waals surface area contributed by atoms with Crippen LogP contribution in [0.3, 0.4) is 0 Å². The number of carbonyl (C=O) groups is 1. The molecule has 1 atom stereocenters. The summed E-state index contributed by atoms with van der Waals surface area (Å²) in [5.74, 6) is 1.51. The first-order valence-electron chi connectivity index (χ1n) is 10.8. The smallest absolute Gasteiger partial charge is 0.258 e. The van der Waals surface area contributed by atoms with E-state index in [0.717, 1.165) is 31.2 Å². The number of amidine groups is 1. The summed E-state index contributed by atoms with van der Waals surface area (Å²) in [4.78, 5) is 24.3. The maximum Gasteiger partial charge on any atom is 0.258 e. The van der Waals surface area contributed by atoms with Gasteiger partial charge in [-0.3, -0.25) is 9.79 Å². The number of anilines is 1. The molecule has 0 radical (unpaired) electrons. The van der Waals surface area contributed by atoms with Crippen LogP contribution in [0.4, 0.5) is 10.3 Å². The molecule has 4 rings (SSSR count). The first-order valence-corrected chi connectivity index (χ1v) is 10.8. The van der Waals surface area contributed by atoms with Gasteiger partial charge >= 0.3 is 0 Å². The molecule has 1 unspecified atom stereocenters. The van der Waals surface area contributed by atoms with Crippen LogP contribution in [0.1, 0.15) is 53.4 Å². The van der Waals surface area contributed by atoms with Crippen molar-refractivity contribution < 1.29 is 13.6 Å². The minimum atomic E-state index is -0.233. The molecular weight excluding hydrogens is 395 g/mol. The minimum absolute atomic E-state index is 0.0725. The molecular formula is C24H29FN4O2. The van der Waals surface area contributed by atoms with E-state index in [-0.39, 0.29) is 17.3 Å². The molecule has 1 aliphatic carbocycles. The summed E-state index contributed by atoms with van der Waals surface area (Å²) in [6.45, 7) is 8.90. The monoisotopic (exact) mass is 424 g/mol. The quantitative estimate of drug-likeness (QED) is 0.549. The van der Waals surface area contributed by atoms with Crippen LogP contribution in [0, 0.1) is 18.7 Å². The Morgan fingerprint density at radius 3 is 2.65 bits per heavy atom.